The fourth-order valence-corrected chi connectivity index (χ4v) is 2.36. The number of ether oxygens (including phenoxy) is 2. The summed E-state index contributed by atoms with van der Waals surface area (Å²) in [6.07, 6.45) is 1.33. The van der Waals surface area contributed by atoms with Gasteiger partial charge in [-0.2, -0.15) is 5.10 Å². The zero-order chi connectivity index (χ0) is 12.4. The largest absolute Gasteiger partial charge is 0.377 e. The minimum atomic E-state index is 0.128. The molecule has 5 nitrogen and oxygen atoms in total. The number of H-pyrrole nitrogens is 1. The van der Waals surface area contributed by atoms with Crippen LogP contribution in [0.3, 0.4) is 0 Å². The van der Waals surface area contributed by atoms with Gasteiger partial charge in [0.05, 0.1) is 29.2 Å². The van der Waals surface area contributed by atoms with Gasteiger partial charge in [0.15, 0.2) is 0 Å². The van der Waals surface area contributed by atoms with Crippen LogP contribution in [0.25, 0.3) is 0 Å². The van der Waals surface area contributed by atoms with E-state index in [4.69, 9.17) is 9.47 Å². The first-order valence-corrected chi connectivity index (χ1v) is 6.09. The van der Waals surface area contributed by atoms with E-state index in [1.807, 2.05) is 20.8 Å². The van der Waals surface area contributed by atoms with E-state index in [1.54, 1.807) is 7.11 Å². The summed E-state index contributed by atoms with van der Waals surface area (Å²) in [5, 5.41) is 10.6. The van der Waals surface area contributed by atoms with Gasteiger partial charge in [-0.1, -0.05) is 0 Å². The number of nitrogens with one attached hydrogen (secondary N) is 2. The van der Waals surface area contributed by atoms with Crippen LogP contribution >= 0.6 is 0 Å². The molecule has 0 spiro atoms. The zero-order valence-electron chi connectivity index (χ0n) is 10.9. The number of aryl methyl sites for hydroxylation is 2. The molecule has 3 atom stereocenters. The Balaban J connectivity index is 1.97. The van der Waals surface area contributed by atoms with Gasteiger partial charge in [0.2, 0.25) is 0 Å². The molecular formula is C12H21N3O2. The van der Waals surface area contributed by atoms with Gasteiger partial charge in [0, 0.05) is 13.7 Å². The Bertz CT molecular complexity index is 358. The highest BCUT2D eigenvalue weighted by Gasteiger charge is 2.42. The van der Waals surface area contributed by atoms with Crippen molar-refractivity contribution in [1.29, 1.82) is 0 Å². The van der Waals surface area contributed by atoms with Gasteiger partial charge in [-0.3, -0.25) is 5.10 Å². The van der Waals surface area contributed by atoms with E-state index in [1.165, 1.54) is 0 Å². The quantitative estimate of drug-likeness (QED) is 0.820. The molecule has 0 saturated heterocycles. The molecular weight excluding hydrogens is 218 g/mol. The smallest absolute Gasteiger partial charge is 0.103 e. The normalized spacial score (nSPS) is 27.9. The van der Waals surface area contributed by atoms with Crippen LogP contribution in [0.2, 0.25) is 0 Å². The standard InChI is InChI=1S/C12H21N3O2/c1-5-17-10-6-9(12(10)16-4)13-11-7(2)14-15-8(11)3/h9-10,12-13H,5-6H2,1-4H3,(H,14,15). The Kier molecular flexibility index (Phi) is 3.69. The molecule has 1 aromatic heterocycles. The second kappa shape index (κ2) is 5.06. The molecule has 1 fully saturated rings. The maximum absolute atomic E-state index is 5.60. The van der Waals surface area contributed by atoms with E-state index < -0.39 is 0 Å². The van der Waals surface area contributed by atoms with Crippen molar-refractivity contribution in [3.63, 3.8) is 0 Å². The molecule has 2 rings (SSSR count). The molecule has 96 valence electrons. The van der Waals surface area contributed by atoms with Crippen molar-refractivity contribution < 1.29 is 9.47 Å². The van der Waals surface area contributed by atoms with Crippen molar-refractivity contribution in [2.24, 2.45) is 0 Å². The first kappa shape index (κ1) is 12.4. The number of anilines is 1. The summed E-state index contributed by atoms with van der Waals surface area (Å²) in [6, 6.07) is 0.312. The van der Waals surface area contributed by atoms with Gasteiger partial charge < -0.3 is 14.8 Å². The molecule has 17 heavy (non-hydrogen) atoms. The van der Waals surface area contributed by atoms with E-state index in [0.29, 0.717) is 6.04 Å². The van der Waals surface area contributed by atoms with Crippen molar-refractivity contribution >= 4 is 5.69 Å². The Morgan fingerprint density at radius 1 is 1.47 bits per heavy atom. The lowest BCUT2D eigenvalue weighted by Crippen LogP contribution is -2.56. The number of rotatable bonds is 5. The van der Waals surface area contributed by atoms with E-state index in [0.717, 1.165) is 30.1 Å². The van der Waals surface area contributed by atoms with Crippen molar-refractivity contribution in [2.45, 2.75) is 45.4 Å². The number of aromatic nitrogens is 2. The maximum atomic E-state index is 5.60. The first-order valence-electron chi connectivity index (χ1n) is 6.09. The number of aromatic amines is 1. The molecule has 1 heterocycles. The predicted molar refractivity (Wildman–Crippen MR) is 66.3 cm³/mol. The monoisotopic (exact) mass is 239 g/mol. The van der Waals surface area contributed by atoms with E-state index in [2.05, 4.69) is 15.5 Å². The first-order chi connectivity index (χ1) is 8.17. The maximum Gasteiger partial charge on any atom is 0.103 e. The van der Waals surface area contributed by atoms with Crippen LogP contribution in [0.1, 0.15) is 24.7 Å². The van der Waals surface area contributed by atoms with Gasteiger partial charge in [-0.05, 0) is 27.2 Å². The van der Waals surface area contributed by atoms with Crippen LogP contribution in [0.15, 0.2) is 0 Å². The Hall–Kier alpha value is -1.07. The lowest BCUT2D eigenvalue weighted by molar-refractivity contribution is -0.118. The van der Waals surface area contributed by atoms with E-state index >= 15 is 0 Å². The zero-order valence-corrected chi connectivity index (χ0v) is 10.9. The average molecular weight is 239 g/mol. The Labute approximate surface area is 102 Å². The molecule has 1 saturated carbocycles. The lowest BCUT2D eigenvalue weighted by Gasteiger charge is -2.43. The summed E-state index contributed by atoms with van der Waals surface area (Å²) < 4.78 is 11.1. The highest BCUT2D eigenvalue weighted by Crippen LogP contribution is 2.31. The van der Waals surface area contributed by atoms with Crippen molar-refractivity contribution in [3.05, 3.63) is 11.4 Å². The SMILES string of the molecule is CCOC1CC(Nc2c(C)n[nH]c2C)C1OC. The lowest BCUT2D eigenvalue weighted by atomic mass is 9.85. The summed E-state index contributed by atoms with van der Waals surface area (Å²) in [6.45, 7) is 6.76. The summed E-state index contributed by atoms with van der Waals surface area (Å²) in [5.41, 5.74) is 3.15. The van der Waals surface area contributed by atoms with Crippen molar-refractivity contribution in [3.8, 4) is 0 Å². The summed E-state index contributed by atoms with van der Waals surface area (Å²) in [5.74, 6) is 0. The molecule has 1 aromatic rings. The van der Waals surface area contributed by atoms with Crippen LogP contribution in [0.4, 0.5) is 5.69 Å². The predicted octanol–water partition coefficient (Wildman–Crippen LogP) is 1.63. The van der Waals surface area contributed by atoms with Gasteiger partial charge in [0.25, 0.3) is 0 Å². The van der Waals surface area contributed by atoms with Crippen LogP contribution in [0.5, 0.6) is 0 Å². The molecule has 0 radical (unpaired) electrons. The number of hydrogen-bond donors (Lipinski definition) is 2. The van der Waals surface area contributed by atoms with Gasteiger partial charge in [0.1, 0.15) is 6.10 Å². The molecule has 0 aromatic carbocycles. The molecule has 0 bridgehead atoms. The molecule has 0 aliphatic heterocycles. The van der Waals surface area contributed by atoms with Crippen LogP contribution in [-0.2, 0) is 9.47 Å². The minimum absolute atomic E-state index is 0.128. The fraction of sp³-hybridized carbons (Fsp3) is 0.750. The third-order valence-corrected chi connectivity index (χ3v) is 3.36. The third-order valence-electron chi connectivity index (χ3n) is 3.36. The molecule has 0 amide bonds. The number of nitrogens with zero attached hydrogens (tertiary/aromatic N) is 1. The second-order valence-electron chi connectivity index (χ2n) is 4.49. The molecule has 5 heteroatoms. The fourth-order valence-electron chi connectivity index (χ4n) is 2.36. The van der Waals surface area contributed by atoms with Crippen LogP contribution in [-0.4, -0.2) is 42.2 Å². The van der Waals surface area contributed by atoms with Crippen molar-refractivity contribution in [2.75, 3.05) is 19.0 Å². The topological polar surface area (TPSA) is 59.2 Å². The highest BCUT2D eigenvalue weighted by molar-refractivity contribution is 5.52. The average Bonchev–Trinajstić information content (AvgIpc) is 2.59. The Morgan fingerprint density at radius 2 is 2.24 bits per heavy atom. The number of methoxy groups -OCH3 is 1. The summed E-state index contributed by atoms with van der Waals surface area (Å²) in [4.78, 5) is 0. The molecule has 1 aliphatic carbocycles. The van der Waals surface area contributed by atoms with Gasteiger partial charge in [-0.15, -0.1) is 0 Å². The van der Waals surface area contributed by atoms with Gasteiger partial charge in [-0.25, -0.2) is 0 Å². The highest BCUT2D eigenvalue weighted by atomic mass is 16.5. The van der Waals surface area contributed by atoms with Gasteiger partial charge >= 0.3 is 0 Å². The van der Waals surface area contributed by atoms with Crippen LogP contribution in [0, 0.1) is 13.8 Å². The van der Waals surface area contributed by atoms with Crippen molar-refractivity contribution in [1.82, 2.24) is 10.2 Å². The molecule has 2 N–H and O–H groups in total. The number of hydrogen-bond acceptors (Lipinski definition) is 4. The Morgan fingerprint density at radius 3 is 2.76 bits per heavy atom. The minimum Gasteiger partial charge on any atom is -0.377 e. The molecule has 1 aliphatic rings. The van der Waals surface area contributed by atoms with E-state index in [9.17, 15) is 0 Å². The summed E-state index contributed by atoms with van der Waals surface area (Å²) >= 11 is 0. The summed E-state index contributed by atoms with van der Waals surface area (Å²) in [7, 11) is 1.74. The second-order valence-corrected chi connectivity index (χ2v) is 4.49. The third kappa shape index (κ3) is 2.30. The van der Waals surface area contributed by atoms with E-state index in [-0.39, 0.29) is 12.2 Å². The van der Waals surface area contributed by atoms with Crippen LogP contribution < -0.4 is 5.32 Å². The molecule has 3 unspecified atom stereocenters.